The summed E-state index contributed by atoms with van der Waals surface area (Å²) in [5, 5.41) is 2.77. The largest absolute Gasteiger partial charge is 0.351 e. The fourth-order valence-corrected chi connectivity index (χ4v) is 4.09. The molecule has 0 aliphatic rings. The van der Waals surface area contributed by atoms with E-state index in [1.54, 1.807) is 30.6 Å². The van der Waals surface area contributed by atoms with Crippen molar-refractivity contribution in [2.75, 3.05) is 0 Å². The van der Waals surface area contributed by atoms with E-state index in [-0.39, 0.29) is 17.6 Å². The van der Waals surface area contributed by atoms with E-state index in [2.05, 4.69) is 15.0 Å². The quantitative estimate of drug-likeness (QED) is 0.740. The number of aryl methyl sites for hydroxylation is 1. The molecule has 140 valence electrons. The molecule has 0 bridgehead atoms. The second-order valence-electron chi connectivity index (χ2n) is 6.60. The smallest absolute Gasteiger partial charge is 0.238 e. The van der Waals surface area contributed by atoms with Gasteiger partial charge in [0.25, 0.3) is 0 Å². The summed E-state index contributed by atoms with van der Waals surface area (Å²) < 4.78 is 27.6. The van der Waals surface area contributed by atoms with E-state index in [1.807, 2.05) is 39.0 Å². The maximum absolute atomic E-state index is 12.5. The molecule has 0 aliphatic heterocycles. The normalized spacial score (nSPS) is 12.8. The molecule has 1 aromatic heterocycles. The van der Waals surface area contributed by atoms with Crippen LogP contribution >= 0.6 is 0 Å². The van der Waals surface area contributed by atoms with Gasteiger partial charge in [0.1, 0.15) is 6.04 Å². The van der Waals surface area contributed by atoms with Crippen LogP contribution in [0.1, 0.15) is 30.5 Å². The van der Waals surface area contributed by atoms with Crippen molar-refractivity contribution in [3.8, 4) is 0 Å². The molecule has 1 amide bonds. The summed E-state index contributed by atoms with van der Waals surface area (Å²) in [6, 6.07) is 10.1. The Kier molecular flexibility index (Phi) is 6.88. The average Bonchev–Trinajstić information content (AvgIpc) is 2.60. The van der Waals surface area contributed by atoms with Crippen LogP contribution in [0.4, 0.5) is 0 Å². The van der Waals surface area contributed by atoms with Gasteiger partial charge in [0.05, 0.1) is 5.75 Å². The van der Waals surface area contributed by atoms with Crippen LogP contribution < -0.4 is 10.0 Å². The SMILES string of the molecule is Cc1ccccc1CS(=O)(=O)N[C@H](C(=O)NCc1cccnc1)C(C)C. The van der Waals surface area contributed by atoms with E-state index < -0.39 is 16.1 Å². The molecular formula is C19H25N3O3S. The number of hydrogen-bond donors (Lipinski definition) is 2. The molecule has 7 heteroatoms. The second kappa shape index (κ2) is 8.91. The number of carbonyl (C=O) groups is 1. The Labute approximate surface area is 155 Å². The highest BCUT2D eigenvalue weighted by Crippen LogP contribution is 2.12. The maximum atomic E-state index is 12.5. The van der Waals surface area contributed by atoms with Crippen LogP contribution in [0.2, 0.25) is 0 Å². The molecule has 2 N–H and O–H groups in total. The van der Waals surface area contributed by atoms with Gasteiger partial charge in [-0.15, -0.1) is 0 Å². The number of pyridine rings is 1. The number of aromatic nitrogens is 1. The van der Waals surface area contributed by atoms with Crippen LogP contribution in [0, 0.1) is 12.8 Å². The predicted molar refractivity (Wildman–Crippen MR) is 102 cm³/mol. The number of carbonyl (C=O) groups excluding carboxylic acids is 1. The van der Waals surface area contributed by atoms with E-state index in [1.165, 1.54) is 0 Å². The Hall–Kier alpha value is -2.25. The summed E-state index contributed by atoms with van der Waals surface area (Å²) in [4.78, 5) is 16.5. The molecule has 1 atom stereocenters. The van der Waals surface area contributed by atoms with Gasteiger partial charge in [-0.25, -0.2) is 13.1 Å². The van der Waals surface area contributed by atoms with Crippen LogP contribution in [0.15, 0.2) is 48.8 Å². The number of rotatable bonds is 8. The first-order valence-corrected chi connectivity index (χ1v) is 10.1. The van der Waals surface area contributed by atoms with Crippen LogP contribution in [0.5, 0.6) is 0 Å². The van der Waals surface area contributed by atoms with Gasteiger partial charge >= 0.3 is 0 Å². The zero-order valence-electron chi connectivity index (χ0n) is 15.3. The van der Waals surface area contributed by atoms with Crippen molar-refractivity contribution in [2.45, 2.75) is 39.1 Å². The molecule has 2 aromatic rings. The minimum Gasteiger partial charge on any atom is -0.351 e. The number of sulfonamides is 1. The summed E-state index contributed by atoms with van der Waals surface area (Å²) in [6.45, 7) is 5.79. The molecule has 0 saturated heterocycles. The first-order valence-electron chi connectivity index (χ1n) is 8.49. The fraction of sp³-hybridized carbons (Fsp3) is 0.368. The number of nitrogens with one attached hydrogen (secondary N) is 2. The lowest BCUT2D eigenvalue weighted by Gasteiger charge is -2.22. The van der Waals surface area contributed by atoms with Crippen molar-refractivity contribution in [3.05, 3.63) is 65.5 Å². The molecule has 1 heterocycles. The topological polar surface area (TPSA) is 88.2 Å². The molecule has 0 spiro atoms. The number of benzene rings is 1. The van der Waals surface area contributed by atoms with Gasteiger partial charge in [-0.05, 0) is 35.6 Å². The highest BCUT2D eigenvalue weighted by atomic mass is 32.2. The molecular weight excluding hydrogens is 350 g/mol. The van der Waals surface area contributed by atoms with Crippen molar-refractivity contribution < 1.29 is 13.2 Å². The van der Waals surface area contributed by atoms with Gasteiger partial charge in [-0.3, -0.25) is 9.78 Å². The minimum absolute atomic E-state index is 0.154. The van der Waals surface area contributed by atoms with Crippen molar-refractivity contribution in [1.82, 2.24) is 15.0 Å². The Morgan fingerprint density at radius 2 is 1.88 bits per heavy atom. The van der Waals surface area contributed by atoms with Crippen LogP contribution in [0.25, 0.3) is 0 Å². The van der Waals surface area contributed by atoms with Gasteiger partial charge in [-0.2, -0.15) is 0 Å². The number of amides is 1. The monoisotopic (exact) mass is 375 g/mol. The van der Waals surface area contributed by atoms with Crippen LogP contribution in [-0.4, -0.2) is 25.4 Å². The average molecular weight is 375 g/mol. The Morgan fingerprint density at radius 1 is 1.15 bits per heavy atom. The van der Waals surface area contributed by atoms with Crippen molar-refractivity contribution in [2.24, 2.45) is 5.92 Å². The molecule has 26 heavy (non-hydrogen) atoms. The Bertz CT molecular complexity index is 836. The molecule has 6 nitrogen and oxygen atoms in total. The van der Waals surface area contributed by atoms with Gasteiger partial charge in [0.2, 0.25) is 15.9 Å². The molecule has 0 fully saturated rings. The van der Waals surface area contributed by atoms with Gasteiger partial charge in [-0.1, -0.05) is 44.2 Å². The summed E-state index contributed by atoms with van der Waals surface area (Å²) in [5.41, 5.74) is 2.48. The standard InChI is InChI=1S/C19H25N3O3S/c1-14(2)18(19(23)21-12-16-8-6-10-20-11-16)22-26(24,25)13-17-9-5-4-7-15(17)3/h4-11,14,18,22H,12-13H2,1-3H3,(H,21,23)/t18-/m0/s1. The Balaban J connectivity index is 2.04. The number of nitrogens with zero attached hydrogens (tertiary/aromatic N) is 1. The first kappa shape index (κ1) is 20.1. The van der Waals surface area contributed by atoms with E-state index in [9.17, 15) is 13.2 Å². The van der Waals surface area contributed by atoms with E-state index >= 15 is 0 Å². The molecule has 0 saturated carbocycles. The summed E-state index contributed by atoms with van der Waals surface area (Å²) >= 11 is 0. The third-order valence-electron chi connectivity index (χ3n) is 4.05. The van der Waals surface area contributed by atoms with Crippen molar-refractivity contribution in [3.63, 3.8) is 0 Å². The van der Waals surface area contributed by atoms with Crippen LogP contribution in [-0.2, 0) is 27.1 Å². The van der Waals surface area contributed by atoms with Crippen LogP contribution in [0.3, 0.4) is 0 Å². The summed E-state index contributed by atoms with van der Waals surface area (Å²) in [6.07, 6.45) is 3.31. The predicted octanol–water partition coefficient (Wildman–Crippen LogP) is 2.15. The number of hydrogen-bond acceptors (Lipinski definition) is 4. The molecule has 0 radical (unpaired) electrons. The second-order valence-corrected chi connectivity index (χ2v) is 8.36. The lowest BCUT2D eigenvalue weighted by atomic mass is 10.0. The minimum atomic E-state index is -3.65. The van der Waals surface area contributed by atoms with Crippen molar-refractivity contribution >= 4 is 15.9 Å². The zero-order valence-corrected chi connectivity index (χ0v) is 16.1. The maximum Gasteiger partial charge on any atom is 0.238 e. The molecule has 0 unspecified atom stereocenters. The third kappa shape index (κ3) is 5.93. The van der Waals surface area contributed by atoms with Gasteiger partial charge in [0.15, 0.2) is 0 Å². The van der Waals surface area contributed by atoms with Gasteiger partial charge in [0, 0.05) is 18.9 Å². The molecule has 2 rings (SSSR count). The van der Waals surface area contributed by atoms with E-state index in [4.69, 9.17) is 0 Å². The molecule has 1 aromatic carbocycles. The lowest BCUT2D eigenvalue weighted by molar-refractivity contribution is -0.123. The summed E-state index contributed by atoms with van der Waals surface area (Å²) in [7, 11) is -3.65. The van der Waals surface area contributed by atoms with Gasteiger partial charge < -0.3 is 5.32 Å². The fourth-order valence-electron chi connectivity index (χ4n) is 2.51. The zero-order chi connectivity index (χ0) is 19.2. The third-order valence-corrected chi connectivity index (χ3v) is 5.36. The lowest BCUT2D eigenvalue weighted by Crippen LogP contribution is -2.49. The first-order chi connectivity index (χ1) is 12.3. The van der Waals surface area contributed by atoms with E-state index in [0.717, 1.165) is 16.7 Å². The van der Waals surface area contributed by atoms with Crippen molar-refractivity contribution in [1.29, 1.82) is 0 Å². The Morgan fingerprint density at radius 3 is 2.50 bits per heavy atom. The highest BCUT2D eigenvalue weighted by molar-refractivity contribution is 7.88. The summed E-state index contributed by atoms with van der Waals surface area (Å²) in [5.74, 6) is -0.688. The van der Waals surface area contributed by atoms with E-state index in [0.29, 0.717) is 6.54 Å². The highest BCUT2D eigenvalue weighted by Gasteiger charge is 2.27. The molecule has 0 aliphatic carbocycles.